The first kappa shape index (κ1) is 16.6. The molecule has 2 fully saturated rings. The van der Waals surface area contributed by atoms with Gasteiger partial charge < -0.3 is 4.74 Å². The van der Waals surface area contributed by atoms with Crippen molar-refractivity contribution in [1.82, 2.24) is 14.8 Å². The molecule has 2 saturated carbocycles. The van der Waals surface area contributed by atoms with Crippen molar-refractivity contribution in [2.75, 3.05) is 19.5 Å². The van der Waals surface area contributed by atoms with E-state index >= 15 is 0 Å². The van der Waals surface area contributed by atoms with E-state index in [0.717, 1.165) is 41.1 Å². The molecule has 4 unspecified atom stereocenters. The number of nitrogens with zero attached hydrogens (tertiary/aromatic N) is 3. The maximum atomic E-state index is 5.21. The number of rotatable bonds is 7. The highest BCUT2D eigenvalue weighted by Crippen LogP contribution is 2.53. The van der Waals surface area contributed by atoms with E-state index < -0.39 is 0 Å². The zero-order valence-electron chi connectivity index (χ0n) is 14.4. The largest absolute Gasteiger partial charge is 0.384 e. The summed E-state index contributed by atoms with van der Waals surface area (Å²) in [6, 6.07) is 4.72. The third-order valence-corrected chi connectivity index (χ3v) is 7.52. The Balaban J connectivity index is 1.64. The Labute approximate surface area is 152 Å². The summed E-state index contributed by atoms with van der Waals surface area (Å²) < 4.78 is 7.62. The Morgan fingerprint density at radius 2 is 2.29 bits per heavy atom. The lowest BCUT2D eigenvalue weighted by molar-refractivity contribution is 0.218. The van der Waals surface area contributed by atoms with Crippen molar-refractivity contribution in [3.63, 3.8) is 0 Å². The quantitative estimate of drug-likeness (QED) is 0.526. The van der Waals surface area contributed by atoms with E-state index in [4.69, 9.17) is 4.74 Å². The number of fused-ring (bicyclic) bond motifs is 2. The summed E-state index contributed by atoms with van der Waals surface area (Å²) >= 11 is 3.52. The lowest BCUT2D eigenvalue weighted by Crippen LogP contribution is -2.23. The Bertz CT molecular complexity index is 670. The summed E-state index contributed by atoms with van der Waals surface area (Å²) in [4.78, 5) is 1.22. The number of thiophene rings is 1. The van der Waals surface area contributed by atoms with Crippen LogP contribution >= 0.6 is 23.1 Å². The monoisotopic (exact) mass is 363 g/mol. The minimum absolute atomic E-state index is 0.470. The van der Waals surface area contributed by atoms with Crippen LogP contribution in [0, 0.1) is 17.8 Å². The van der Waals surface area contributed by atoms with Gasteiger partial charge in [0.2, 0.25) is 0 Å². The number of thioether (sulfide) groups is 1. The molecule has 130 valence electrons. The molecular weight excluding hydrogens is 338 g/mol. The average molecular weight is 364 g/mol. The van der Waals surface area contributed by atoms with Crippen molar-refractivity contribution >= 4 is 23.1 Å². The van der Waals surface area contributed by atoms with Crippen molar-refractivity contribution in [2.24, 2.45) is 17.8 Å². The summed E-state index contributed by atoms with van der Waals surface area (Å²) in [7, 11) is 1.75. The van der Waals surface area contributed by atoms with Gasteiger partial charge in [0.15, 0.2) is 11.0 Å². The molecule has 4 rings (SSSR count). The highest BCUT2D eigenvalue weighted by molar-refractivity contribution is 7.99. The highest BCUT2D eigenvalue weighted by Gasteiger charge is 2.43. The van der Waals surface area contributed by atoms with Gasteiger partial charge in [-0.2, -0.15) is 0 Å². The summed E-state index contributed by atoms with van der Waals surface area (Å²) in [5, 5.41) is 12.2. The lowest BCUT2D eigenvalue weighted by Gasteiger charge is -2.30. The van der Waals surface area contributed by atoms with Crippen LogP contribution in [-0.4, -0.2) is 34.2 Å². The van der Waals surface area contributed by atoms with Gasteiger partial charge in [0.05, 0.1) is 11.5 Å². The smallest absolute Gasteiger partial charge is 0.191 e. The number of hydrogen-bond donors (Lipinski definition) is 0. The van der Waals surface area contributed by atoms with Crippen LogP contribution in [0.25, 0.3) is 10.7 Å². The maximum absolute atomic E-state index is 5.21. The molecule has 4 atom stereocenters. The topological polar surface area (TPSA) is 39.9 Å². The predicted octanol–water partition coefficient (Wildman–Crippen LogP) is 4.74. The molecule has 2 aromatic heterocycles. The van der Waals surface area contributed by atoms with Gasteiger partial charge in [0, 0.05) is 18.9 Å². The minimum Gasteiger partial charge on any atom is -0.384 e. The van der Waals surface area contributed by atoms with Crippen molar-refractivity contribution in [2.45, 2.75) is 43.8 Å². The number of methoxy groups -OCH3 is 1. The average Bonchev–Trinajstić information content (AvgIpc) is 3.36. The molecule has 0 aliphatic heterocycles. The third-order valence-electron chi connectivity index (χ3n) is 5.74. The van der Waals surface area contributed by atoms with Crippen molar-refractivity contribution < 1.29 is 4.74 Å². The summed E-state index contributed by atoms with van der Waals surface area (Å²) in [6.07, 6.45) is 5.69. The summed E-state index contributed by atoms with van der Waals surface area (Å²) in [5.41, 5.74) is 0. The normalized spacial score (nSPS) is 27.0. The van der Waals surface area contributed by atoms with E-state index in [1.807, 2.05) is 0 Å². The van der Waals surface area contributed by atoms with Crippen molar-refractivity contribution in [3.8, 4) is 10.7 Å². The maximum Gasteiger partial charge on any atom is 0.191 e. The van der Waals surface area contributed by atoms with Crippen molar-refractivity contribution in [3.05, 3.63) is 17.5 Å². The molecule has 0 aromatic carbocycles. The SMILES string of the molecule is COCCSc1nnc(-c2cccs2)n1C(C)C1CC2CCC1C2. The molecule has 0 spiro atoms. The molecule has 24 heavy (non-hydrogen) atoms. The molecule has 0 saturated heterocycles. The fourth-order valence-electron chi connectivity index (χ4n) is 4.61. The number of hydrogen-bond acceptors (Lipinski definition) is 5. The van der Waals surface area contributed by atoms with E-state index in [0.29, 0.717) is 6.04 Å². The Hall–Kier alpha value is -0.850. The molecule has 0 N–H and O–H groups in total. The first-order chi connectivity index (χ1) is 11.8. The predicted molar refractivity (Wildman–Crippen MR) is 99.6 cm³/mol. The van der Waals surface area contributed by atoms with Crippen LogP contribution < -0.4 is 0 Å². The fourth-order valence-corrected chi connectivity index (χ4v) is 6.24. The van der Waals surface area contributed by atoms with Gasteiger partial charge >= 0.3 is 0 Å². The number of ether oxygens (including phenoxy) is 1. The standard InChI is InChI=1S/C18H25N3OS2/c1-12(15-11-13-5-6-14(15)10-13)21-17(16-4-3-8-23-16)19-20-18(21)24-9-7-22-2/h3-4,8,12-15H,5-7,9-11H2,1-2H3. The molecule has 0 radical (unpaired) electrons. The summed E-state index contributed by atoms with van der Waals surface area (Å²) in [6.45, 7) is 3.13. The van der Waals surface area contributed by atoms with Gasteiger partial charge in [-0.3, -0.25) is 4.57 Å². The van der Waals surface area contributed by atoms with E-state index in [1.165, 1.54) is 30.6 Å². The molecule has 2 bridgehead atoms. The van der Waals surface area contributed by atoms with Crippen LogP contribution in [0.15, 0.2) is 22.7 Å². The van der Waals surface area contributed by atoms with Crippen LogP contribution in [-0.2, 0) is 4.74 Å². The van der Waals surface area contributed by atoms with E-state index in [-0.39, 0.29) is 0 Å². The van der Waals surface area contributed by atoms with Crippen LogP contribution in [0.1, 0.15) is 38.6 Å². The lowest BCUT2D eigenvalue weighted by atomic mass is 9.84. The summed E-state index contributed by atoms with van der Waals surface area (Å²) in [5.74, 6) is 4.61. The molecular formula is C18H25N3OS2. The van der Waals surface area contributed by atoms with Gasteiger partial charge in [-0.1, -0.05) is 24.2 Å². The molecule has 2 heterocycles. The second-order valence-corrected chi connectivity index (χ2v) is 9.08. The van der Waals surface area contributed by atoms with Crippen LogP contribution in [0.2, 0.25) is 0 Å². The van der Waals surface area contributed by atoms with Gasteiger partial charge in [0.1, 0.15) is 0 Å². The molecule has 0 amide bonds. The molecule has 2 aliphatic rings. The molecule has 4 nitrogen and oxygen atoms in total. The molecule has 6 heteroatoms. The van der Waals surface area contributed by atoms with Crippen LogP contribution in [0.5, 0.6) is 0 Å². The number of aromatic nitrogens is 3. The first-order valence-electron chi connectivity index (χ1n) is 8.88. The fraction of sp³-hybridized carbons (Fsp3) is 0.667. The Kier molecular flexibility index (Phi) is 4.97. The van der Waals surface area contributed by atoms with Gasteiger partial charge in [-0.25, -0.2) is 0 Å². The zero-order valence-corrected chi connectivity index (χ0v) is 16.0. The van der Waals surface area contributed by atoms with Gasteiger partial charge in [0.25, 0.3) is 0 Å². The van der Waals surface area contributed by atoms with Crippen molar-refractivity contribution in [1.29, 1.82) is 0 Å². The second kappa shape index (κ2) is 7.18. The minimum atomic E-state index is 0.470. The Morgan fingerprint density at radius 3 is 2.96 bits per heavy atom. The van der Waals surface area contributed by atoms with E-state index in [1.54, 1.807) is 30.2 Å². The molecule has 2 aliphatic carbocycles. The van der Waals surface area contributed by atoms with Gasteiger partial charge in [-0.15, -0.1) is 21.5 Å². The van der Waals surface area contributed by atoms with E-state index in [9.17, 15) is 0 Å². The third kappa shape index (κ3) is 3.04. The highest BCUT2D eigenvalue weighted by atomic mass is 32.2. The zero-order chi connectivity index (χ0) is 16.5. The molecule has 2 aromatic rings. The second-order valence-electron chi connectivity index (χ2n) is 7.07. The Morgan fingerprint density at radius 1 is 1.38 bits per heavy atom. The van der Waals surface area contributed by atoms with Crippen LogP contribution in [0.3, 0.4) is 0 Å². The van der Waals surface area contributed by atoms with Gasteiger partial charge in [-0.05, 0) is 55.4 Å². The van der Waals surface area contributed by atoms with E-state index in [2.05, 4.69) is 39.2 Å². The van der Waals surface area contributed by atoms with Crippen LogP contribution in [0.4, 0.5) is 0 Å². The first-order valence-corrected chi connectivity index (χ1v) is 10.7.